The molecule has 2 rings (SSSR count). The van der Waals surface area contributed by atoms with E-state index in [1.165, 1.54) is 0 Å². The van der Waals surface area contributed by atoms with Gasteiger partial charge >= 0.3 is 0 Å². The standard InChI is InChI=1S/C14H20N4O/c1-10(7-15-3)14(19)16-8-12-9-18-11(2)5-4-6-13(18)17-12/h4-6,9-10,15H,7-8H2,1-3H3,(H,16,19). The first-order valence-electron chi connectivity index (χ1n) is 6.47. The normalized spacial score (nSPS) is 12.6. The first-order valence-corrected chi connectivity index (χ1v) is 6.47. The van der Waals surface area contributed by atoms with Crippen molar-refractivity contribution in [2.24, 2.45) is 5.92 Å². The van der Waals surface area contributed by atoms with Crippen LogP contribution in [-0.4, -0.2) is 28.9 Å². The Hall–Kier alpha value is -1.88. The summed E-state index contributed by atoms with van der Waals surface area (Å²) in [6.45, 7) is 5.08. The lowest BCUT2D eigenvalue weighted by Crippen LogP contribution is -2.33. The number of hydrogen-bond donors (Lipinski definition) is 2. The number of hydrogen-bond acceptors (Lipinski definition) is 3. The number of aryl methyl sites for hydroxylation is 1. The van der Waals surface area contributed by atoms with Gasteiger partial charge in [-0.15, -0.1) is 0 Å². The van der Waals surface area contributed by atoms with Crippen LogP contribution in [0.25, 0.3) is 5.65 Å². The zero-order valence-electron chi connectivity index (χ0n) is 11.6. The fraction of sp³-hybridized carbons (Fsp3) is 0.429. The maximum absolute atomic E-state index is 11.8. The molecule has 2 heterocycles. The van der Waals surface area contributed by atoms with Gasteiger partial charge in [0.05, 0.1) is 12.2 Å². The summed E-state index contributed by atoms with van der Waals surface area (Å²) in [6, 6.07) is 5.98. The Kier molecular flexibility index (Phi) is 4.16. The van der Waals surface area contributed by atoms with Gasteiger partial charge in [0.15, 0.2) is 0 Å². The fourth-order valence-corrected chi connectivity index (χ4v) is 2.03. The summed E-state index contributed by atoms with van der Waals surface area (Å²) in [4.78, 5) is 16.3. The molecule has 1 amide bonds. The van der Waals surface area contributed by atoms with E-state index in [1.54, 1.807) is 0 Å². The minimum absolute atomic E-state index is 0.0382. The molecule has 19 heavy (non-hydrogen) atoms. The highest BCUT2D eigenvalue weighted by Gasteiger charge is 2.12. The Bertz CT molecular complexity index is 576. The number of amides is 1. The number of imidazole rings is 1. The summed E-state index contributed by atoms with van der Waals surface area (Å²) < 4.78 is 2.03. The van der Waals surface area contributed by atoms with Gasteiger partial charge in [-0.25, -0.2) is 4.98 Å². The lowest BCUT2D eigenvalue weighted by Gasteiger charge is -2.10. The number of nitrogens with zero attached hydrogens (tertiary/aromatic N) is 2. The van der Waals surface area contributed by atoms with E-state index in [0.29, 0.717) is 13.1 Å². The highest BCUT2D eigenvalue weighted by atomic mass is 16.1. The molecule has 2 aromatic heterocycles. The molecule has 0 radical (unpaired) electrons. The predicted octanol–water partition coefficient (Wildman–Crippen LogP) is 1.11. The Labute approximate surface area is 113 Å². The first kappa shape index (κ1) is 13.5. The van der Waals surface area contributed by atoms with Gasteiger partial charge in [-0.05, 0) is 26.1 Å². The molecule has 2 N–H and O–H groups in total. The van der Waals surface area contributed by atoms with Crippen LogP contribution in [0.1, 0.15) is 18.3 Å². The SMILES string of the molecule is CNCC(C)C(=O)NCc1cn2c(C)cccc2n1. The van der Waals surface area contributed by atoms with Crippen LogP contribution in [0.15, 0.2) is 24.4 Å². The number of aromatic nitrogens is 2. The average molecular weight is 260 g/mol. The smallest absolute Gasteiger partial charge is 0.224 e. The number of fused-ring (bicyclic) bond motifs is 1. The molecular weight excluding hydrogens is 240 g/mol. The van der Waals surface area contributed by atoms with Gasteiger partial charge in [0, 0.05) is 24.4 Å². The van der Waals surface area contributed by atoms with Gasteiger partial charge in [0.1, 0.15) is 5.65 Å². The van der Waals surface area contributed by atoms with Crippen LogP contribution in [0.2, 0.25) is 0 Å². The lowest BCUT2D eigenvalue weighted by molar-refractivity contribution is -0.124. The summed E-state index contributed by atoms with van der Waals surface area (Å²) in [5.41, 5.74) is 2.91. The van der Waals surface area contributed by atoms with Crippen LogP contribution >= 0.6 is 0 Å². The van der Waals surface area contributed by atoms with Crippen molar-refractivity contribution in [3.8, 4) is 0 Å². The highest BCUT2D eigenvalue weighted by Crippen LogP contribution is 2.08. The quantitative estimate of drug-likeness (QED) is 0.847. The third kappa shape index (κ3) is 3.12. The lowest BCUT2D eigenvalue weighted by atomic mass is 10.1. The summed E-state index contributed by atoms with van der Waals surface area (Å²) in [5, 5.41) is 5.90. The average Bonchev–Trinajstić information content (AvgIpc) is 2.80. The van der Waals surface area contributed by atoms with E-state index in [2.05, 4.69) is 15.6 Å². The molecule has 1 unspecified atom stereocenters. The molecule has 0 spiro atoms. The van der Waals surface area contributed by atoms with E-state index < -0.39 is 0 Å². The van der Waals surface area contributed by atoms with Gasteiger partial charge in [-0.2, -0.15) is 0 Å². The Morgan fingerprint density at radius 2 is 2.26 bits per heavy atom. The topological polar surface area (TPSA) is 58.4 Å². The number of carbonyl (C=O) groups excluding carboxylic acids is 1. The van der Waals surface area contributed by atoms with Crippen molar-refractivity contribution in [1.29, 1.82) is 0 Å². The van der Waals surface area contributed by atoms with Crippen LogP contribution in [-0.2, 0) is 11.3 Å². The van der Waals surface area contributed by atoms with Crippen LogP contribution in [0.4, 0.5) is 0 Å². The molecular formula is C14H20N4O. The Balaban J connectivity index is 2.02. The Morgan fingerprint density at radius 1 is 1.47 bits per heavy atom. The van der Waals surface area contributed by atoms with Crippen molar-refractivity contribution in [3.05, 3.63) is 35.8 Å². The maximum Gasteiger partial charge on any atom is 0.224 e. The van der Waals surface area contributed by atoms with Crippen LogP contribution in [0.5, 0.6) is 0 Å². The van der Waals surface area contributed by atoms with Crippen molar-refractivity contribution in [2.45, 2.75) is 20.4 Å². The molecule has 102 valence electrons. The van der Waals surface area contributed by atoms with Gasteiger partial charge in [-0.3, -0.25) is 4.79 Å². The summed E-state index contributed by atoms with van der Waals surface area (Å²) in [7, 11) is 1.84. The summed E-state index contributed by atoms with van der Waals surface area (Å²) in [6.07, 6.45) is 1.97. The van der Waals surface area contributed by atoms with Crippen molar-refractivity contribution in [1.82, 2.24) is 20.0 Å². The predicted molar refractivity (Wildman–Crippen MR) is 74.9 cm³/mol. The zero-order valence-corrected chi connectivity index (χ0v) is 11.6. The number of pyridine rings is 1. The van der Waals surface area contributed by atoms with Gasteiger partial charge in [0.2, 0.25) is 5.91 Å². The Morgan fingerprint density at radius 3 is 2.95 bits per heavy atom. The number of rotatable bonds is 5. The second-order valence-electron chi connectivity index (χ2n) is 4.80. The van der Waals surface area contributed by atoms with E-state index in [0.717, 1.165) is 17.0 Å². The van der Waals surface area contributed by atoms with Gasteiger partial charge in [0.25, 0.3) is 0 Å². The second-order valence-corrected chi connectivity index (χ2v) is 4.80. The number of carbonyl (C=O) groups is 1. The molecule has 0 fully saturated rings. The van der Waals surface area contributed by atoms with E-state index in [9.17, 15) is 4.79 Å². The molecule has 0 aliphatic heterocycles. The molecule has 0 saturated heterocycles. The van der Waals surface area contributed by atoms with Crippen LogP contribution in [0, 0.1) is 12.8 Å². The third-order valence-corrected chi connectivity index (χ3v) is 3.15. The number of nitrogens with one attached hydrogen (secondary N) is 2. The second kappa shape index (κ2) is 5.84. The molecule has 2 aromatic rings. The zero-order chi connectivity index (χ0) is 13.8. The molecule has 5 nitrogen and oxygen atoms in total. The van der Waals surface area contributed by atoms with E-state index in [4.69, 9.17) is 0 Å². The van der Waals surface area contributed by atoms with E-state index >= 15 is 0 Å². The molecule has 0 saturated carbocycles. The summed E-state index contributed by atoms with van der Waals surface area (Å²) in [5.74, 6) is 0.00638. The minimum Gasteiger partial charge on any atom is -0.350 e. The molecule has 1 atom stereocenters. The highest BCUT2D eigenvalue weighted by molar-refractivity contribution is 5.78. The molecule has 0 aliphatic rings. The molecule has 0 aliphatic carbocycles. The molecule has 0 aromatic carbocycles. The van der Waals surface area contributed by atoms with Crippen LogP contribution < -0.4 is 10.6 Å². The van der Waals surface area contributed by atoms with E-state index in [-0.39, 0.29) is 11.8 Å². The monoisotopic (exact) mass is 260 g/mol. The van der Waals surface area contributed by atoms with Gasteiger partial charge < -0.3 is 15.0 Å². The third-order valence-electron chi connectivity index (χ3n) is 3.15. The minimum atomic E-state index is -0.0382. The maximum atomic E-state index is 11.8. The van der Waals surface area contributed by atoms with E-state index in [1.807, 2.05) is 49.7 Å². The fourth-order valence-electron chi connectivity index (χ4n) is 2.03. The largest absolute Gasteiger partial charge is 0.350 e. The molecule has 0 bridgehead atoms. The molecule has 5 heteroatoms. The summed E-state index contributed by atoms with van der Waals surface area (Å²) >= 11 is 0. The van der Waals surface area contributed by atoms with Crippen molar-refractivity contribution >= 4 is 11.6 Å². The first-order chi connectivity index (χ1) is 9.11. The van der Waals surface area contributed by atoms with Crippen molar-refractivity contribution < 1.29 is 4.79 Å². The van der Waals surface area contributed by atoms with Gasteiger partial charge in [-0.1, -0.05) is 13.0 Å². The van der Waals surface area contributed by atoms with Crippen molar-refractivity contribution in [2.75, 3.05) is 13.6 Å². The van der Waals surface area contributed by atoms with Crippen LogP contribution in [0.3, 0.4) is 0 Å². The van der Waals surface area contributed by atoms with Crippen molar-refractivity contribution in [3.63, 3.8) is 0 Å².